The van der Waals surface area contributed by atoms with Gasteiger partial charge < -0.3 is 0 Å². The van der Waals surface area contributed by atoms with Crippen molar-refractivity contribution in [2.24, 2.45) is 0 Å². The molecule has 76 valence electrons. The molecule has 3 nitrogen and oxygen atoms in total. The minimum Gasteiger partial charge on any atom is -0.278 e. The fourth-order valence-electron chi connectivity index (χ4n) is 1.24. The van der Waals surface area contributed by atoms with Crippen LogP contribution >= 0.6 is 24.0 Å². The van der Waals surface area contributed by atoms with E-state index in [9.17, 15) is 0 Å². The van der Waals surface area contributed by atoms with E-state index in [0.717, 1.165) is 11.3 Å². The molecule has 0 aliphatic heterocycles. The number of benzene rings is 1. The van der Waals surface area contributed by atoms with E-state index in [1.807, 2.05) is 0 Å². The van der Waals surface area contributed by atoms with E-state index in [1.54, 1.807) is 30.5 Å². The number of hydrogen-bond donors (Lipinski definition) is 1. The SMILES string of the molecule is Cl.N#Cc1ccc(Cl)cc1-c1ccn[nH]1. The van der Waals surface area contributed by atoms with Crippen molar-refractivity contribution < 1.29 is 0 Å². The number of nitrogens with zero attached hydrogens (tertiary/aromatic N) is 2. The van der Waals surface area contributed by atoms with Crippen molar-refractivity contribution in [3.05, 3.63) is 41.0 Å². The van der Waals surface area contributed by atoms with Crippen LogP contribution in [0.5, 0.6) is 0 Å². The number of aromatic amines is 1. The number of hydrogen-bond acceptors (Lipinski definition) is 2. The lowest BCUT2D eigenvalue weighted by Crippen LogP contribution is -1.84. The minimum atomic E-state index is 0. The highest BCUT2D eigenvalue weighted by atomic mass is 35.5. The molecule has 1 N–H and O–H groups in total. The molecule has 0 spiro atoms. The number of H-pyrrole nitrogens is 1. The molecule has 0 fully saturated rings. The van der Waals surface area contributed by atoms with Gasteiger partial charge in [0.1, 0.15) is 0 Å². The van der Waals surface area contributed by atoms with Crippen molar-refractivity contribution in [3.8, 4) is 17.3 Å². The van der Waals surface area contributed by atoms with Crippen LogP contribution in [0, 0.1) is 11.3 Å². The highest BCUT2D eigenvalue weighted by molar-refractivity contribution is 6.30. The summed E-state index contributed by atoms with van der Waals surface area (Å²) in [5.74, 6) is 0. The molecule has 0 amide bonds. The molecule has 0 atom stereocenters. The Hall–Kier alpha value is -1.50. The van der Waals surface area contributed by atoms with E-state index < -0.39 is 0 Å². The van der Waals surface area contributed by atoms with E-state index in [4.69, 9.17) is 16.9 Å². The Balaban J connectivity index is 0.00000112. The van der Waals surface area contributed by atoms with Gasteiger partial charge in [-0.2, -0.15) is 10.4 Å². The third-order valence-electron chi connectivity index (χ3n) is 1.89. The highest BCUT2D eigenvalue weighted by Gasteiger charge is 2.06. The predicted molar refractivity (Wildman–Crippen MR) is 61.0 cm³/mol. The standard InChI is InChI=1S/C10H6ClN3.ClH/c11-8-2-1-7(6-12)9(5-8)10-3-4-13-14-10;/h1-5H,(H,13,14);1H. The average Bonchev–Trinajstić information content (AvgIpc) is 2.70. The first kappa shape index (κ1) is 11.6. The number of nitriles is 1. The number of nitrogens with one attached hydrogen (secondary N) is 1. The molecule has 1 aromatic carbocycles. The third kappa shape index (κ3) is 2.30. The maximum atomic E-state index is 8.88. The molecular formula is C10H7Cl2N3. The molecule has 1 heterocycles. The minimum absolute atomic E-state index is 0. The first-order valence-electron chi connectivity index (χ1n) is 4.00. The van der Waals surface area contributed by atoms with Crippen molar-refractivity contribution in [2.45, 2.75) is 0 Å². The number of rotatable bonds is 1. The van der Waals surface area contributed by atoms with Gasteiger partial charge in [0.2, 0.25) is 0 Å². The summed E-state index contributed by atoms with van der Waals surface area (Å²) < 4.78 is 0. The second kappa shape index (κ2) is 4.83. The van der Waals surface area contributed by atoms with Gasteiger partial charge in [-0.05, 0) is 24.3 Å². The molecule has 0 saturated carbocycles. The second-order valence-corrected chi connectivity index (χ2v) is 3.21. The number of halogens is 2. The molecule has 0 aliphatic rings. The fourth-order valence-corrected chi connectivity index (χ4v) is 1.41. The van der Waals surface area contributed by atoms with E-state index in [0.29, 0.717) is 10.6 Å². The molecule has 5 heteroatoms. The average molecular weight is 240 g/mol. The van der Waals surface area contributed by atoms with Crippen molar-refractivity contribution >= 4 is 24.0 Å². The Morgan fingerprint density at radius 2 is 2.13 bits per heavy atom. The lowest BCUT2D eigenvalue weighted by molar-refractivity contribution is 1.09. The van der Waals surface area contributed by atoms with Gasteiger partial charge in [-0.15, -0.1) is 12.4 Å². The molecule has 0 radical (unpaired) electrons. The highest BCUT2D eigenvalue weighted by Crippen LogP contribution is 2.24. The summed E-state index contributed by atoms with van der Waals surface area (Å²) in [4.78, 5) is 0. The van der Waals surface area contributed by atoms with E-state index in [2.05, 4.69) is 16.3 Å². The van der Waals surface area contributed by atoms with Gasteiger partial charge in [0.25, 0.3) is 0 Å². The normalized spacial score (nSPS) is 9.07. The molecule has 0 saturated heterocycles. The van der Waals surface area contributed by atoms with Gasteiger partial charge in [0.15, 0.2) is 0 Å². The summed E-state index contributed by atoms with van der Waals surface area (Å²) in [7, 11) is 0. The zero-order valence-electron chi connectivity index (χ0n) is 7.57. The van der Waals surface area contributed by atoms with Gasteiger partial charge in [-0.1, -0.05) is 11.6 Å². The molecular weight excluding hydrogens is 233 g/mol. The molecule has 0 unspecified atom stereocenters. The van der Waals surface area contributed by atoms with Crippen LogP contribution in [0.15, 0.2) is 30.5 Å². The van der Waals surface area contributed by atoms with Gasteiger partial charge in [-0.25, -0.2) is 0 Å². The first-order chi connectivity index (χ1) is 6.81. The Kier molecular flexibility index (Phi) is 3.73. The molecule has 1 aromatic heterocycles. The van der Waals surface area contributed by atoms with E-state index in [-0.39, 0.29) is 12.4 Å². The second-order valence-electron chi connectivity index (χ2n) is 2.77. The van der Waals surface area contributed by atoms with E-state index >= 15 is 0 Å². The lowest BCUT2D eigenvalue weighted by Gasteiger charge is -2.00. The van der Waals surface area contributed by atoms with Gasteiger partial charge in [-0.3, -0.25) is 5.10 Å². The smallest absolute Gasteiger partial charge is 0.0998 e. The van der Waals surface area contributed by atoms with Crippen LogP contribution < -0.4 is 0 Å². The summed E-state index contributed by atoms with van der Waals surface area (Å²) in [5, 5.41) is 16.1. The monoisotopic (exact) mass is 239 g/mol. The van der Waals surface area contributed by atoms with Crippen LogP contribution in [-0.2, 0) is 0 Å². The lowest BCUT2D eigenvalue weighted by atomic mass is 10.1. The third-order valence-corrected chi connectivity index (χ3v) is 2.13. The Morgan fingerprint density at radius 1 is 1.33 bits per heavy atom. The molecule has 0 aliphatic carbocycles. The van der Waals surface area contributed by atoms with Crippen LogP contribution in [0.25, 0.3) is 11.3 Å². The molecule has 0 bridgehead atoms. The Bertz CT molecular complexity index is 486. The first-order valence-corrected chi connectivity index (χ1v) is 4.38. The Labute approximate surface area is 98.1 Å². The fraction of sp³-hybridized carbons (Fsp3) is 0. The van der Waals surface area contributed by atoms with Crippen LogP contribution in [-0.4, -0.2) is 10.2 Å². The van der Waals surface area contributed by atoms with Crippen molar-refractivity contribution in [3.63, 3.8) is 0 Å². The van der Waals surface area contributed by atoms with Crippen LogP contribution in [0.4, 0.5) is 0 Å². The topological polar surface area (TPSA) is 52.5 Å². The van der Waals surface area contributed by atoms with Gasteiger partial charge in [0, 0.05) is 16.8 Å². The summed E-state index contributed by atoms with van der Waals surface area (Å²) in [6, 6.07) is 9.03. The summed E-state index contributed by atoms with van der Waals surface area (Å²) in [6.45, 7) is 0. The van der Waals surface area contributed by atoms with Gasteiger partial charge in [0.05, 0.1) is 17.3 Å². The van der Waals surface area contributed by atoms with Crippen LogP contribution in [0.1, 0.15) is 5.56 Å². The maximum absolute atomic E-state index is 8.88. The molecule has 15 heavy (non-hydrogen) atoms. The van der Waals surface area contributed by atoms with E-state index in [1.165, 1.54) is 0 Å². The zero-order chi connectivity index (χ0) is 9.97. The quantitative estimate of drug-likeness (QED) is 0.832. The van der Waals surface area contributed by atoms with Crippen molar-refractivity contribution in [2.75, 3.05) is 0 Å². The zero-order valence-corrected chi connectivity index (χ0v) is 9.14. The molecule has 2 rings (SSSR count). The summed E-state index contributed by atoms with van der Waals surface area (Å²) in [6.07, 6.45) is 1.64. The molecule has 2 aromatic rings. The summed E-state index contributed by atoms with van der Waals surface area (Å²) >= 11 is 5.85. The van der Waals surface area contributed by atoms with Crippen LogP contribution in [0.2, 0.25) is 5.02 Å². The predicted octanol–water partition coefficient (Wildman–Crippen LogP) is 3.02. The van der Waals surface area contributed by atoms with Gasteiger partial charge >= 0.3 is 0 Å². The number of aromatic nitrogens is 2. The Morgan fingerprint density at radius 3 is 2.73 bits per heavy atom. The largest absolute Gasteiger partial charge is 0.278 e. The van der Waals surface area contributed by atoms with Crippen molar-refractivity contribution in [1.82, 2.24) is 10.2 Å². The van der Waals surface area contributed by atoms with Crippen LogP contribution in [0.3, 0.4) is 0 Å². The van der Waals surface area contributed by atoms with Crippen molar-refractivity contribution in [1.29, 1.82) is 5.26 Å². The summed E-state index contributed by atoms with van der Waals surface area (Å²) in [5.41, 5.74) is 2.15. The maximum Gasteiger partial charge on any atom is 0.0998 e.